The van der Waals surface area contributed by atoms with Crippen molar-refractivity contribution < 1.29 is 43.4 Å². The largest absolute Gasteiger partial charge is 0.394 e. The second kappa shape index (κ2) is 31.7. The Morgan fingerprint density at radius 1 is 0.647 bits per heavy atom. The molecule has 1 rings (SSSR count). The highest BCUT2D eigenvalue weighted by molar-refractivity contribution is 7.89. The van der Waals surface area contributed by atoms with Crippen LogP contribution in [0.2, 0.25) is 0 Å². The highest BCUT2D eigenvalue weighted by Gasteiger charge is 2.44. The number of sulfonamides is 1. The van der Waals surface area contributed by atoms with Crippen molar-refractivity contribution in [3.05, 3.63) is 12.2 Å². The van der Waals surface area contributed by atoms with Crippen LogP contribution in [0.4, 0.5) is 0 Å². The number of ether oxygens (including phenoxy) is 2. The zero-order valence-corrected chi connectivity index (χ0v) is 33.3. The lowest BCUT2D eigenvalue weighted by Gasteiger charge is -2.40. The summed E-state index contributed by atoms with van der Waals surface area (Å²) in [6, 6.07) is -1.07. The Morgan fingerprint density at radius 3 is 1.53 bits per heavy atom. The van der Waals surface area contributed by atoms with E-state index in [9.17, 15) is 34.0 Å². The van der Waals surface area contributed by atoms with E-state index >= 15 is 0 Å². The molecular weight excluding hydrogens is 671 g/mol. The highest BCUT2D eigenvalue weighted by atomic mass is 32.2. The van der Waals surface area contributed by atoms with Crippen molar-refractivity contribution in [1.29, 1.82) is 0 Å². The van der Waals surface area contributed by atoms with Gasteiger partial charge in [0.1, 0.15) is 24.4 Å². The minimum Gasteiger partial charge on any atom is -0.394 e. The van der Waals surface area contributed by atoms with Crippen molar-refractivity contribution in [3.63, 3.8) is 0 Å². The second-order valence-electron chi connectivity index (χ2n) is 14.9. The minimum atomic E-state index is -3.76. The zero-order valence-electron chi connectivity index (χ0n) is 32.5. The fraction of sp³-hybridized carbons (Fsp3) is 0.950. The maximum absolute atomic E-state index is 13.1. The standard InChI is InChI=1S/C40H79NO9S/c1-3-5-7-9-11-13-15-17-19-21-23-25-27-29-31-51(47,48)41-34(33-49-40-39(46)38(45)37(44)36(32-42)50-40)35(43)30-28-26-24-22-20-18-16-14-12-10-8-6-4-2/h28,30,34-46H,3-27,29,31-33H2,1-2H3/b30-28-/t34?,35?,36?,37-,38?,39+,40-/m1/s1. The fourth-order valence-electron chi connectivity index (χ4n) is 6.68. The molecule has 51 heavy (non-hydrogen) atoms. The Bertz CT molecular complexity index is 920. The third kappa shape index (κ3) is 24.4. The molecule has 0 aromatic carbocycles. The third-order valence-corrected chi connectivity index (χ3v) is 11.6. The molecule has 11 heteroatoms. The minimum absolute atomic E-state index is 0.0727. The lowest BCUT2D eigenvalue weighted by Crippen LogP contribution is -2.60. The summed E-state index contributed by atoms with van der Waals surface area (Å²) in [5.41, 5.74) is 0. The van der Waals surface area contributed by atoms with Gasteiger partial charge >= 0.3 is 0 Å². The van der Waals surface area contributed by atoms with E-state index < -0.39 is 59.5 Å². The van der Waals surface area contributed by atoms with E-state index in [1.807, 2.05) is 6.08 Å². The number of allylic oxidation sites excluding steroid dienone is 1. The van der Waals surface area contributed by atoms with Gasteiger partial charge in [-0.25, -0.2) is 13.1 Å². The topological polar surface area (TPSA) is 166 Å². The van der Waals surface area contributed by atoms with Crippen LogP contribution in [0.1, 0.15) is 181 Å². The maximum Gasteiger partial charge on any atom is 0.212 e. The summed E-state index contributed by atoms with van der Waals surface area (Å²) in [7, 11) is -3.76. The van der Waals surface area contributed by atoms with Crippen LogP contribution >= 0.6 is 0 Å². The summed E-state index contributed by atoms with van der Waals surface area (Å²) in [5.74, 6) is -0.0727. The SMILES string of the molecule is CCCCCCCCCCCCC/C=C\C(O)C(CO[C@@H]1OC(CO)[C@@H](O)C(O)[C@@H]1O)NS(=O)(=O)CCCCCCCCCCCCCCCC. The smallest absolute Gasteiger partial charge is 0.212 e. The van der Waals surface area contributed by atoms with Crippen molar-refractivity contribution >= 4 is 10.0 Å². The lowest BCUT2D eigenvalue weighted by molar-refractivity contribution is -0.302. The average Bonchev–Trinajstić information content (AvgIpc) is 3.11. The van der Waals surface area contributed by atoms with Crippen LogP contribution in [0.3, 0.4) is 0 Å². The normalized spacial score (nSPS) is 22.5. The third-order valence-electron chi connectivity index (χ3n) is 10.1. The molecule has 0 aromatic rings. The Labute approximate surface area is 312 Å². The van der Waals surface area contributed by atoms with E-state index in [2.05, 4.69) is 18.6 Å². The molecule has 0 spiro atoms. The molecule has 0 aliphatic carbocycles. The molecule has 1 saturated heterocycles. The van der Waals surface area contributed by atoms with E-state index in [0.717, 1.165) is 38.5 Å². The Balaban J connectivity index is 2.49. The molecule has 0 saturated carbocycles. The fourth-order valence-corrected chi connectivity index (χ4v) is 8.05. The number of rotatable bonds is 35. The first-order valence-electron chi connectivity index (χ1n) is 20.9. The van der Waals surface area contributed by atoms with E-state index in [4.69, 9.17) is 9.47 Å². The Hall–Kier alpha value is -0.630. The second-order valence-corrected chi connectivity index (χ2v) is 16.8. The van der Waals surface area contributed by atoms with Gasteiger partial charge in [-0.05, 0) is 19.3 Å². The van der Waals surface area contributed by atoms with E-state index in [1.54, 1.807) is 6.08 Å². The highest BCUT2D eigenvalue weighted by Crippen LogP contribution is 2.23. The molecule has 6 N–H and O–H groups in total. The van der Waals surface area contributed by atoms with Crippen LogP contribution in [0.15, 0.2) is 12.2 Å². The molecule has 4 unspecified atom stereocenters. The molecule has 0 aromatic heterocycles. The predicted molar refractivity (Wildman–Crippen MR) is 207 cm³/mol. The van der Waals surface area contributed by atoms with Crippen LogP contribution in [0, 0.1) is 0 Å². The first-order chi connectivity index (χ1) is 24.7. The van der Waals surface area contributed by atoms with Crippen LogP contribution in [0.25, 0.3) is 0 Å². The van der Waals surface area contributed by atoms with Gasteiger partial charge in [-0.15, -0.1) is 0 Å². The summed E-state index contributed by atoms with van der Waals surface area (Å²) in [4.78, 5) is 0. The number of nitrogens with one attached hydrogen (secondary N) is 1. The van der Waals surface area contributed by atoms with Crippen molar-refractivity contribution in [2.24, 2.45) is 0 Å². The van der Waals surface area contributed by atoms with Gasteiger partial charge in [0, 0.05) is 0 Å². The van der Waals surface area contributed by atoms with Gasteiger partial charge in [0.2, 0.25) is 10.0 Å². The number of aliphatic hydroxyl groups excluding tert-OH is 5. The van der Waals surface area contributed by atoms with Crippen molar-refractivity contribution in [3.8, 4) is 0 Å². The molecule has 0 radical (unpaired) electrons. The molecule has 1 aliphatic heterocycles. The summed E-state index contributed by atoms with van der Waals surface area (Å²) >= 11 is 0. The van der Waals surface area contributed by atoms with Crippen LogP contribution in [-0.2, 0) is 19.5 Å². The average molecular weight is 750 g/mol. The molecule has 0 bridgehead atoms. The number of aliphatic hydroxyl groups is 5. The van der Waals surface area contributed by atoms with Gasteiger partial charge in [-0.3, -0.25) is 0 Å². The van der Waals surface area contributed by atoms with Crippen LogP contribution in [-0.4, -0.2) is 95.8 Å². The maximum atomic E-state index is 13.1. The van der Waals surface area contributed by atoms with E-state index in [1.165, 1.54) is 122 Å². The lowest BCUT2D eigenvalue weighted by atomic mass is 9.99. The molecule has 304 valence electrons. The summed E-state index contributed by atoms with van der Waals surface area (Å²) in [6.45, 7) is 3.52. The van der Waals surface area contributed by atoms with Gasteiger partial charge < -0.3 is 35.0 Å². The predicted octanol–water partition coefficient (Wildman–Crippen LogP) is 7.19. The van der Waals surface area contributed by atoms with Crippen molar-refractivity contribution in [2.75, 3.05) is 19.0 Å². The first-order valence-corrected chi connectivity index (χ1v) is 22.6. The number of unbranched alkanes of at least 4 members (excludes halogenated alkanes) is 24. The van der Waals surface area contributed by atoms with Gasteiger partial charge in [0.05, 0.1) is 31.1 Å². The molecule has 1 aliphatic rings. The summed E-state index contributed by atoms with van der Waals surface area (Å²) in [5, 5.41) is 51.1. The zero-order chi connectivity index (χ0) is 37.6. The summed E-state index contributed by atoms with van der Waals surface area (Å²) in [6.07, 6.45) is 25.7. The molecule has 1 heterocycles. The quantitative estimate of drug-likeness (QED) is 0.0291. The molecule has 0 amide bonds. The molecular formula is C40H79NO9S. The van der Waals surface area contributed by atoms with Crippen molar-refractivity contribution in [2.45, 2.75) is 224 Å². The molecule has 10 nitrogen and oxygen atoms in total. The van der Waals surface area contributed by atoms with Gasteiger partial charge in [0.25, 0.3) is 0 Å². The van der Waals surface area contributed by atoms with Gasteiger partial charge in [0.15, 0.2) is 6.29 Å². The van der Waals surface area contributed by atoms with Gasteiger partial charge in [-0.1, -0.05) is 174 Å². The van der Waals surface area contributed by atoms with E-state index in [-0.39, 0.29) is 12.4 Å². The summed E-state index contributed by atoms with van der Waals surface area (Å²) < 4.78 is 39.8. The molecule has 7 atom stereocenters. The van der Waals surface area contributed by atoms with Crippen LogP contribution < -0.4 is 4.72 Å². The van der Waals surface area contributed by atoms with Crippen molar-refractivity contribution in [1.82, 2.24) is 4.72 Å². The Morgan fingerprint density at radius 2 is 1.08 bits per heavy atom. The molecule has 1 fully saturated rings. The van der Waals surface area contributed by atoms with E-state index in [0.29, 0.717) is 6.42 Å². The monoisotopic (exact) mass is 750 g/mol. The first kappa shape index (κ1) is 48.4. The number of hydrogen-bond donors (Lipinski definition) is 6. The Kier molecular flexibility index (Phi) is 30.1. The number of hydrogen-bond acceptors (Lipinski definition) is 9. The van der Waals surface area contributed by atoms with Crippen LogP contribution in [0.5, 0.6) is 0 Å². The van der Waals surface area contributed by atoms with Gasteiger partial charge in [-0.2, -0.15) is 0 Å².